The summed E-state index contributed by atoms with van der Waals surface area (Å²) in [6.07, 6.45) is 0. The van der Waals surface area contributed by atoms with E-state index in [2.05, 4.69) is 26.8 Å². The number of amides is 2. The number of carbonyl (C=O) groups excluding carboxylic acids is 2. The zero-order valence-corrected chi connectivity index (χ0v) is 16.7. The predicted molar refractivity (Wildman–Crippen MR) is 104 cm³/mol. The monoisotopic (exact) mass is 436 g/mol. The Balaban J connectivity index is 1.80. The highest BCUT2D eigenvalue weighted by Crippen LogP contribution is 2.25. The zero-order valence-electron chi connectivity index (χ0n) is 15.1. The standard InChI is InChI=1S/C19H21BrN2O5/c1-13-4-3-5-15(10-13)27-12-18(23)21-22-19(24)14-6-7-17(16(20)11-14)26-9-8-25-2/h3-7,10-11H,8-9,12H2,1-2H3,(H,21,23)(H,22,24). The fraction of sp³-hybridized carbons (Fsp3) is 0.263. The number of rotatable bonds is 8. The molecule has 0 fully saturated rings. The van der Waals surface area contributed by atoms with Gasteiger partial charge in [0.15, 0.2) is 6.61 Å². The number of benzene rings is 2. The average molecular weight is 437 g/mol. The highest BCUT2D eigenvalue weighted by Gasteiger charge is 2.11. The molecule has 0 aliphatic heterocycles. The molecule has 0 radical (unpaired) electrons. The van der Waals surface area contributed by atoms with E-state index in [1.54, 1.807) is 31.4 Å². The number of hydrogen-bond acceptors (Lipinski definition) is 5. The summed E-state index contributed by atoms with van der Waals surface area (Å²) in [6.45, 7) is 2.59. The molecule has 0 aliphatic rings. The van der Waals surface area contributed by atoms with E-state index in [0.717, 1.165) is 5.56 Å². The highest BCUT2D eigenvalue weighted by atomic mass is 79.9. The molecule has 0 atom stereocenters. The summed E-state index contributed by atoms with van der Waals surface area (Å²) in [5.41, 5.74) is 6.05. The first-order valence-electron chi connectivity index (χ1n) is 8.19. The topological polar surface area (TPSA) is 85.9 Å². The smallest absolute Gasteiger partial charge is 0.276 e. The second-order valence-electron chi connectivity index (χ2n) is 5.59. The van der Waals surface area contributed by atoms with Crippen molar-refractivity contribution in [3.63, 3.8) is 0 Å². The van der Waals surface area contributed by atoms with Crippen molar-refractivity contribution in [3.05, 3.63) is 58.1 Å². The van der Waals surface area contributed by atoms with Gasteiger partial charge in [-0.3, -0.25) is 20.4 Å². The van der Waals surface area contributed by atoms with Crippen LogP contribution < -0.4 is 20.3 Å². The van der Waals surface area contributed by atoms with Crippen molar-refractivity contribution in [3.8, 4) is 11.5 Å². The SMILES string of the molecule is COCCOc1ccc(C(=O)NNC(=O)COc2cccc(C)c2)cc1Br. The van der Waals surface area contributed by atoms with Gasteiger partial charge < -0.3 is 14.2 Å². The molecule has 0 unspecified atom stereocenters. The molecule has 0 saturated heterocycles. The van der Waals surface area contributed by atoms with Crippen LogP contribution in [0.1, 0.15) is 15.9 Å². The van der Waals surface area contributed by atoms with Gasteiger partial charge in [-0.05, 0) is 58.7 Å². The van der Waals surface area contributed by atoms with Gasteiger partial charge in [0, 0.05) is 12.7 Å². The predicted octanol–water partition coefficient (Wildman–Crippen LogP) is 2.62. The van der Waals surface area contributed by atoms with E-state index < -0.39 is 11.8 Å². The summed E-state index contributed by atoms with van der Waals surface area (Å²) in [7, 11) is 1.59. The molecule has 0 heterocycles. The van der Waals surface area contributed by atoms with Crippen molar-refractivity contribution in [2.45, 2.75) is 6.92 Å². The first-order valence-corrected chi connectivity index (χ1v) is 8.99. The highest BCUT2D eigenvalue weighted by molar-refractivity contribution is 9.10. The molecule has 2 aromatic rings. The third-order valence-electron chi connectivity index (χ3n) is 3.41. The van der Waals surface area contributed by atoms with Gasteiger partial charge in [0.2, 0.25) is 0 Å². The molecule has 0 bridgehead atoms. The summed E-state index contributed by atoms with van der Waals surface area (Å²) in [4.78, 5) is 24.0. The second-order valence-corrected chi connectivity index (χ2v) is 6.45. The Morgan fingerprint density at radius 3 is 2.56 bits per heavy atom. The molecule has 0 spiro atoms. The number of hydrazine groups is 1. The number of carbonyl (C=O) groups is 2. The number of methoxy groups -OCH3 is 1. The normalized spacial score (nSPS) is 10.2. The van der Waals surface area contributed by atoms with E-state index in [9.17, 15) is 9.59 Å². The number of halogens is 1. The van der Waals surface area contributed by atoms with E-state index in [4.69, 9.17) is 14.2 Å². The molecular formula is C19H21BrN2O5. The fourth-order valence-corrected chi connectivity index (χ4v) is 2.58. The minimum Gasteiger partial charge on any atom is -0.490 e. The van der Waals surface area contributed by atoms with Crippen LogP contribution in [0.15, 0.2) is 46.9 Å². The largest absolute Gasteiger partial charge is 0.490 e. The van der Waals surface area contributed by atoms with Gasteiger partial charge in [0.1, 0.15) is 18.1 Å². The van der Waals surface area contributed by atoms with Crippen LogP contribution in [0.25, 0.3) is 0 Å². The van der Waals surface area contributed by atoms with Crippen LogP contribution in [0, 0.1) is 6.92 Å². The molecule has 2 rings (SSSR count). The van der Waals surface area contributed by atoms with Crippen molar-refractivity contribution in [1.29, 1.82) is 0 Å². The lowest BCUT2D eigenvalue weighted by Crippen LogP contribution is -2.43. The third-order valence-corrected chi connectivity index (χ3v) is 4.03. The molecule has 0 aromatic heterocycles. The van der Waals surface area contributed by atoms with Crippen LogP contribution in [0.2, 0.25) is 0 Å². The molecule has 8 heteroatoms. The minimum atomic E-state index is -0.469. The van der Waals surface area contributed by atoms with E-state index in [1.165, 1.54) is 0 Å². The van der Waals surface area contributed by atoms with Crippen molar-refractivity contribution in [2.24, 2.45) is 0 Å². The molecule has 0 saturated carbocycles. The lowest BCUT2D eigenvalue weighted by Gasteiger charge is -2.11. The van der Waals surface area contributed by atoms with Crippen molar-refractivity contribution < 1.29 is 23.8 Å². The first kappa shape index (κ1) is 20.7. The van der Waals surface area contributed by atoms with E-state index >= 15 is 0 Å². The van der Waals surface area contributed by atoms with Crippen LogP contribution in [-0.2, 0) is 9.53 Å². The summed E-state index contributed by atoms with van der Waals surface area (Å²) in [5, 5.41) is 0. The minimum absolute atomic E-state index is 0.209. The summed E-state index contributed by atoms with van der Waals surface area (Å²) in [5.74, 6) is 0.259. The lowest BCUT2D eigenvalue weighted by molar-refractivity contribution is -0.123. The number of nitrogens with one attached hydrogen (secondary N) is 2. The Hall–Kier alpha value is -2.58. The van der Waals surface area contributed by atoms with Crippen LogP contribution in [0.3, 0.4) is 0 Å². The molecule has 27 heavy (non-hydrogen) atoms. The van der Waals surface area contributed by atoms with Gasteiger partial charge in [-0.15, -0.1) is 0 Å². The Morgan fingerprint density at radius 2 is 1.85 bits per heavy atom. The molecule has 2 N–H and O–H groups in total. The number of hydrogen-bond donors (Lipinski definition) is 2. The quantitative estimate of drug-likeness (QED) is 0.490. The van der Waals surface area contributed by atoms with Crippen LogP contribution in [-0.4, -0.2) is 38.7 Å². The lowest BCUT2D eigenvalue weighted by atomic mass is 10.2. The zero-order chi connectivity index (χ0) is 19.6. The molecular weight excluding hydrogens is 416 g/mol. The van der Waals surface area contributed by atoms with Gasteiger partial charge in [0.25, 0.3) is 11.8 Å². The molecule has 2 aromatic carbocycles. The van der Waals surface area contributed by atoms with Gasteiger partial charge in [-0.1, -0.05) is 12.1 Å². The first-order chi connectivity index (χ1) is 13.0. The van der Waals surface area contributed by atoms with Crippen LogP contribution in [0.4, 0.5) is 0 Å². The van der Waals surface area contributed by atoms with Crippen molar-refractivity contribution >= 4 is 27.7 Å². The molecule has 2 amide bonds. The van der Waals surface area contributed by atoms with Crippen molar-refractivity contribution in [1.82, 2.24) is 10.9 Å². The van der Waals surface area contributed by atoms with Gasteiger partial charge in [-0.2, -0.15) is 0 Å². The van der Waals surface area contributed by atoms with Gasteiger partial charge in [-0.25, -0.2) is 0 Å². The molecule has 144 valence electrons. The maximum atomic E-state index is 12.1. The summed E-state index contributed by atoms with van der Waals surface area (Å²) >= 11 is 3.35. The average Bonchev–Trinajstić information content (AvgIpc) is 2.66. The summed E-state index contributed by atoms with van der Waals surface area (Å²) < 4.78 is 16.4. The van der Waals surface area contributed by atoms with Crippen LogP contribution >= 0.6 is 15.9 Å². The van der Waals surface area contributed by atoms with E-state index in [1.807, 2.05) is 25.1 Å². The fourth-order valence-electron chi connectivity index (χ4n) is 2.08. The Bertz CT molecular complexity index is 797. The Labute approximate surface area is 166 Å². The van der Waals surface area contributed by atoms with Crippen LogP contribution in [0.5, 0.6) is 11.5 Å². The Morgan fingerprint density at radius 1 is 1.04 bits per heavy atom. The molecule has 7 nitrogen and oxygen atoms in total. The Kier molecular flexibility index (Phi) is 8.09. The summed E-state index contributed by atoms with van der Waals surface area (Å²) in [6, 6.07) is 12.2. The molecule has 0 aliphatic carbocycles. The third kappa shape index (κ3) is 6.92. The maximum Gasteiger partial charge on any atom is 0.276 e. The number of ether oxygens (including phenoxy) is 3. The van der Waals surface area contributed by atoms with Gasteiger partial charge in [0.05, 0.1) is 11.1 Å². The van der Waals surface area contributed by atoms with E-state index in [-0.39, 0.29) is 6.61 Å². The second kappa shape index (κ2) is 10.5. The van der Waals surface area contributed by atoms with Gasteiger partial charge >= 0.3 is 0 Å². The van der Waals surface area contributed by atoms with E-state index in [0.29, 0.717) is 34.7 Å². The number of aryl methyl sites for hydroxylation is 1. The van der Waals surface area contributed by atoms with Crippen molar-refractivity contribution in [2.75, 3.05) is 26.9 Å². The maximum absolute atomic E-state index is 12.1.